The van der Waals surface area contributed by atoms with Crippen LogP contribution in [0.2, 0.25) is 0 Å². The molecular formula is C17H21N3O4S. The molecule has 0 radical (unpaired) electrons. The third-order valence-corrected chi connectivity index (χ3v) is 4.66. The SMILES string of the molecule is COc1ccc(CNC(=O)N2CCC(Oc3nccs3)C2)cc1OC. The van der Waals surface area contributed by atoms with Crippen molar-refractivity contribution in [3.63, 3.8) is 0 Å². The maximum Gasteiger partial charge on any atom is 0.317 e. The summed E-state index contributed by atoms with van der Waals surface area (Å²) in [5, 5.41) is 5.45. The number of carbonyl (C=O) groups excluding carboxylic acids is 1. The van der Waals surface area contributed by atoms with E-state index in [0.717, 1.165) is 12.0 Å². The van der Waals surface area contributed by atoms with Crippen molar-refractivity contribution >= 4 is 17.4 Å². The van der Waals surface area contributed by atoms with E-state index in [2.05, 4.69) is 10.3 Å². The molecule has 1 N–H and O–H groups in total. The number of carbonyl (C=O) groups is 1. The molecule has 0 saturated carbocycles. The fraction of sp³-hybridized carbons (Fsp3) is 0.412. The number of ether oxygens (including phenoxy) is 3. The molecule has 3 rings (SSSR count). The van der Waals surface area contributed by atoms with Crippen molar-refractivity contribution in [3.8, 4) is 16.7 Å². The van der Waals surface area contributed by atoms with Crippen LogP contribution in [-0.4, -0.2) is 49.3 Å². The number of benzene rings is 1. The number of nitrogens with zero attached hydrogens (tertiary/aromatic N) is 2. The first-order chi connectivity index (χ1) is 12.2. The van der Waals surface area contributed by atoms with Crippen LogP contribution in [0.1, 0.15) is 12.0 Å². The Balaban J connectivity index is 1.49. The molecule has 2 aromatic rings. The van der Waals surface area contributed by atoms with E-state index in [0.29, 0.717) is 36.3 Å². The molecule has 1 saturated heterocycles. The number of likely N-dealkylation sites (tertiary alicyclic amines) is 1. The Kier molecular flexibility index (Phi) is 5.60. The molecule has 1 unspecified atom stereocenters. The molecule has 0 spiro atoms. The molecule has 2 amide bonds. The first kappa shape index (κ1) is 17.3. The summed E-state index contributed by atoms with van der Waals surface area (Å²) in [6.45, 7) is 1.67. The van der Waals surface area contributed by atoms with Gasteiger partial charge in [-0.15, -0.1) is 0 Å². The van der Waals surface area contributed by atoms with Gasteiger partial charge in [0, 0.05) is 31.1 Å². The molecule has 1 atom stereocenters. The van der Waals surface area contributed by atoms with Crippen molar-refractivity contribution in [2.75, 3.05) is 27.3 Å². The Morgan fingerprint density at radius 1 is 1.36 bits per heavy atom. The van der Waals surface area contributed by atoms with Crippen LogP contribution < -0.4 is 19.5 Å². The minimum Gasteiger partial charge on any atom is -0.493 e. The van der Waals surface area contributed by atoms with Crippen LogP contribution in [0.5, 0.6) is 16.7 Å². The number of hydrogen-bond acceptors (Lipinski definition) is 6. The third kappa shape index (κ3) is 4.33. The molecule has 1 aromatic carbocycles. The van der Waals surface area contributed by atoms with Gasteiger partial charge in [0.15, 0.2) is 11.5 Å². The molecule has 25 heavy (non-hydrogen) atoms. The van der Waals surface area contributed by atoms with Crippen LogP contribution in [-0.2, 0) is 6.54 Å². The Bertz CT molecular complexity index is 708. The van der Waals surface area contributed by atoms with E-state index in [1.807, 2.05) is 23.6 Å². The molecule has 8 heteroatoms. The lowest BCUT2D eigenvalue weighted by atomic mass is 10.2. The number of hydrogen-bond donors (Lipinski definition) is 1. The van der Waals surface area contributed by atoms with E-state index < -0.39 is 0 Å². The second-order valence-corrected chi connectivity index (χ2v) is 6.48. The zero-order valence-electron chi connectivity index (χ0n) is 14.2. The van der Waals surface area contributed by atoms with Crippen LogP contribution in [0.4, 0.5) is 4.79 Å². The highest BCUT2D eigenvalue weighted by molar-refractivity contribution is 7.11. The molecule has 7 nitrogen and oxygen atoms in total. The normalized spacial score (nSPS) is 16.6. The Morgan fingerprint density at radius 3 is 2.92 bits per heavy atom. The van der Waals surface area contributed by atoms with Gasteiger partial charge in [-0.25, -0.2) is 9.78 Å². The number of thiazole rings is 1. The molecule has 0 aliphatic carbocycles. The second-order valence-electron chi connectivity index (χ2n) is 5.62. The highest BCUT2D eigenvalue weighted by Gasteiger charge is 2.28. The van der Waals surface area contributed by atoms with Crippen molar-refractivity contribution in [3.05, 3.63) is 35.3 Å². The fourth-order valence-electron chi connectivity index (χ4n) is 2.70. The van der Waals surface area contributed by atoms with Gasteiger partial charge < -0.3 is 24.4 Å². The second kappa shape index (κ2) is 8.06. The molecule has 1 aromatic heterocycles. The van der Waals surface area contributed by atoms with E-state index in [1.54, 1.807) is 25.3 Å². The van der Waals surface area contributed by atoms with Crippen LogP contribution >= 0.6 is 11.3 Å². The first-order valence-electron chi connectivity index (χ1n) is 7.99. The molecule has 1 aliphatic rings. The Hall–Kier alpha value is -2.48. The van der Waals surface area contributed by atoms with Crippen molar-refractivity contribution in [2.24, 2.45) is 0 Å². The predicted molar refractivity (Wildman–Crippen MR) is 94.5 cm³/mol. The molecule has 0 bridgehead atoms. The molecular weight excluding hydrogens is 342 g/mol. The summed E-state index contributed by atoms with van der Waals surface area (Å²) in [5.74, 6) is 1.31. The standard InChI is InChI=1S/C17H21N3O4S/c1-22-14-4-3-12(9-15(14)23-2)10-19-16(21)20-7-5-13(11-20)24-17-18-6-8-25-17/h3-4,6,8-9,13H,5,7,10-11H2,1-2H3,(H,19,21). The number of aromatic nitrogens is 1. The first-order valence-corrected chi connectivity index (χ1v) is 8.87. The highest BCUT2D eigenvalue weighted by atomic mass is 32.1. The lowest BCUT2D eigenvalue weighted by Gasteiger charge is -2.17. The highest BCUT2D eigenvalue weighted by Crippen LogP contribution is 2.27. The van der Waals surface area contributed by atoms with Crippen LogP contribution in [0.15, 0.2) is 29.8 Å². The van der Waals surface area contributed by atoms with Gasteiger partial charge in [-0.2, -0.15) is 0 Å². The predicted octanol–water partition coefficient (Wildman–Crippen LogP) is 2.52. The zero-order chi connectivity index (χ0) is 17.6. The molecule has 2 heterocycles. The lowest BCUT2D eigenvalue weighted by Crippen LogP contribution is -2.39. The number of methoxy groups -OCH3 is 2. The number of amides is 2. The summed E-state index contributed by atoms with van der Waals surface area (Å²) in [7, 11) is 3.18. The van der Waals surface area contributed by atoms with Crippen LogP contribution in [0, 0.1) is 0 Å². The van der Waals surface area contributed by atoms with E-state index in [4.69, 9.17) is 14.2 Å². The maximum absolute atomic E-state index is 12.3. The summed E-state index contributed by atoms with van der Waals surface area (Å²) in [5.41, 5.74) is 0.945. The molecule has 1 aliphatic heterocycles. The van der Waals surface area contributed by atoms with Gasteiger partial charge in [0.05, 0.1) is 20.8 Å². The topological polar surface area (TPSA) is 72.9 Å². The van der Waals surface area contributed by atoms with Crippen LogP contribution in [0.3, 0.4) is 0 Å². The lowest BCUT2D eigenvalue weighted by molar-refractivity contribution is 0.186. The third-order valence-electron chi connectivity index (χ3n) is 4.00. The average molecular weight is 363 g/mol. The zero-order valence-corrected chi connectivity index (χ0v) is 15.0. The summed E-state index contributed by atoms with van der Waals surface area (Å²) in [6, 6.07) is 5.49. The summed E-state index contributed by atoms with van der Waals surface area (Å²) in [6.07, 6.45) is 2.52. The number of rotatable bonds is 6. The average Bonchev–Trinajstić information content (AvgIpc) is 3.32. The maximum atomic E-state index is 12.3. The fourth-order valence-corrected chi connectivity index (χ4v) is 3.25. The van der Waals surface area contributed by atoms with Gasteiger partial charge in [-0.3, -0.25) is 0 Å². The van der Waals surface area contributed by atoms with Crippen molar-refractivity contribution in [2.45, 2.75) is 19.1 Å². The van der Waals surface area contributed by atoms with Gasteiger partial charge >= 0.3 is 6.03 Å². The van der Waals surface area contributed by atoms with Crippen molar-refractivity contribution < 1.29 is 19.0 Å². The smallest absolute Gasteiger partial charge is 0.317 e. The van der Waals surface area contributed by atoms with E-state index >= 15 is 0 Å². The van der Waals surface area contributed by atoms with Gasteiger partial charge in [-0.05, 0) is 17.7 Å². The molecule has 134 valence electrons. The van der Waals surface area contributed by atoms with Crippen LogP contribution in [0.25, 0.3) is 0 Å². The van der Waals surface area contributed by atoms with Gasteiger partial charge in [-0.1, -0.05) is 17.4 Å². The number of nitrogens with one attached hydrogen (secondary N) is 1. The van der Waals surface area contributed by atoms with Gasteiger partial charge in [0.25, 0.3) is 5.19 Å². The molecule has 1 fully saturated rings. The largest absolute Gasteiger partial charge is 0.493 e. The van der Waals surface area contributed by atoms with Crippen molar-refractivity contribution in [1.29, 1.82) is 0 Å². The van der Waals surface area contributed by atoms with E-state index in [1.165, 1.54) is 11.3 Å². The minimum atomic E-state index is -0.0972. The van der Waals surface area contributed by atoms with Crippen molar-refractivity contribution in [1.82, 2.24) is 15.2 Å². The van der Waals surface area contributed by atoms with E-state index in [-0.39, 0.29) is 12.1 Å². The monoisotopic (exact) mass is 363 g/mol. The Labute approximate surface area is 150 Å². The quantitative estimate of drug-likeness (QED) is 0.854. The summed E-state index contributed by atoms with van der Waals surface area (Å²) in [4.78, 5) is 18.2. The van der Waals surface area contributed by atoms with E-state index in [9.17, 15) is 4.79 Å². The minimum absolute atomic E-state index is 0.00187. The number of urea groups is 1. The van der Waals surface area contributed by atoms with Gasteiger partial charge in [0.1, 0.15) is 6.10 Å². The van der Waals surface area contributed by atoms with Gasteiger partial charge in [0.2, 0.25) is 0 Å². The summed E-state index contributed by atoms with van der Waals surface area (Å²) < 4.78 is 16.3. The summed E-state index contributed by atoms with van der Waals surface area (Å²) >= 11 is 1.46. The Morgan fingerprint density at radius 2 is 2.20 bits per heavy atom.